The molecular weight excluding hydrogens is 532 g/mol. The summed E-state index contributed by atoms with van der Waals surface area (Å²) in [6, 6.07) is 10.4. The molecular formula is C32H38N6O4. The number of methoxy groups -OCH3 is 1. The molecule has 1 aromatic carbocycles. The van der Waals surface area contributed by atoms with Crippen LogP contribution in [0.3, 0.4) is 0 Å². The van der Waals surface area contributed by atoms with Crippen molar-refractivity contribution in [2.24, 2.45) is 11.8 Å². The summed E-state index contributed by atoms with van der Waals surface area (Å²) in [5, 5.41) is 9.23. The zero-order chi connectivity index (χ0) is 29.3. The van der Waals surface area contributed by atoms with E-state index in [4.69, 9.17) is 14.6 Å². The molecule has 7 rings (SSSR count). The monoisotopic (exact) mass is 570 g/mol. The second-order valence-corrected chi connectivity index (χ2v) is 13.1. The lowest BCUT2D eigenvalue weighted by Gasteiger charge is -2.28. The van der Waals surface area contributed by atoms with E-state index >= 15 is 0 Å². The van der Waals surface area contributed by atoms with E-state index < -0.39 is 11.7 Å². The Kier molecular flexibility index (Phi) is 6.22. The van der Waals surface area contributed by atoms with Gasteiger partial charge in [0.05, 0.1) is 31.1 Å². The zero-order valence-corrected chi connectivity index (χ0v) is 24.9. The smallest absolute Gasteiger partial charge is 0.407 e. The van der Waals surface area contributed by atoms with Crippen LogP contribution in [0, 0.1) is 18.8 Å². The number of piperidine rings is 1. The Morgan fingerprint density at radius 3 is 2.64 bits per heavy atom. The molecule has 42 heavy (non-hydrogen) atoms. The molecule has 1 N–H and O–H groups in total. The fourth-order valence-corrected chi connectivity index (χ4v) is 6.87. The van der Waals surface area contributed by atoms with Crippen LogP contribution in [0.15, 0.2) is 36.5 Å². The van der Waals surface area contributed by atoms with Crippen LogP contribution in [0.5, 0.6) is 5.88 Å². The predicted molar refractivity (Wildman–Crippen MR) is 159 cm³/mol. The minimum absolute atomic E-state index is 0.105. The number of aryl methyl sites for hydroxylation is 1. The Morgan fingerprint density at radius 2 is 1.90 bits per heavy atom. The van der Waals surface area contributed by atoms with Crippen molar-refractivity contribution in [1.29, 1.82) is 0 Å². The number of ether oxygens (including phenoxy) is 2. The van der Waals surface area contributed by atoms with Crippen molar-refractivity contribution >= 4 is 28.4 Å². The largest absolute Gasteiger partial charge is 0.479 e. The number of para-hydroxylation sites is 1. The molecule has 10 nitrogen and oxygen atoms in total. The van der Waals surface area contributed by atoms with E-state index in [1.165, 1.54) is 23.7 Å². The Bertz CT molecular complexity index is 1710. The summed E-state index contributed by atoms with van der Waals surface area (Å²) in [4.78, 5) is 32.9. The number of likely N-dealkylation sites (tertiary alicyclic amines) is 1. The van der Waals surface area contributed by atoms with E-state index in [0.29, 0.717) is 18.3 Å². The van der Waals surface area contributed by atoms with Crippen molar-refractivity contribution in [2.75, 3.05) is 13.7 Å². The van der Waals surface area contributed by atoms with E-state index in [-0.39, 0.29) is 29.6 Å². The number of fused-ring (bicyclic) bond motifs is 4. The molecule has 220 valence electrons. The first-order valence-electron chi connectivity index (χ1n) is 14.9. The van der Waals surface area contributed by atoms with Gasteiger partial charge in [-0.15, -0.1) is 0 Å². The highest BCUT2D eigenvalue weighted by atomic mass is 16.6. The van der Waals surface area contributed by atoms with Gasteiger partial charge in [-0.2, -0.15) is 5.10 Å². The summed E-state index contributed by atoms with van der Waals surface area (Å²) in [6.07, 6.45) is 5.57. The summed E-state index contributed by atoms with van der Waals surface area (Å²) < 4.78 is 15.3. The molecule has 3 aromatic heterocycles. The van der Waals surface area contributed by atoms with Crippen LogP contribution in [-0.2, 0) is 11.3 Å². The van der Waals surface area contributed by atoms with Crippen LogP contribution >= 0.6 is 0 Å². The van der Waals surface area contributed by atoms with Crippen molar-refractivity contribution in [3.8, 4) is 17.3 Å². The maximum Gasteiger partial charge on any atom is 0.407 e. The highest BCUT2D eigenvalue weighted by Crippen LogP contribution is 2.40. The zero-order valence-electron chi connectivity index (χ0n) is 24.9. The minimum Gasteiger partial charge on any atom is -0.479 e. The first-order chi connectivity index (χ1) is 20.1. The molecule has 0 spiro atoms. The van der Waals surface area contributed by atoms with E-state index in [1.54, 1.807) is 17.8 Å². The first kappa shape index (κ1) is 26.8. The van der Waals surface area contributed by atoms with Crippen molar-refractivity contribution in [3.05, 3.63) is 47.8 Å². The van der Waals surface area contributed by atoms with Crippen molar-refractivity contribution < 1.29 is 19.1 Å². The lowest BCUT2D eigenvalue weighted by Crippen LogP contribution is -2.46. The number of nitrogens with zero attached hydrogens (tertiary/aromatic N) is 5. The standard InChI is InChI=1S/C32H38N6O4/c1-18-26(25-14-20-8-6-7-9-23(20)36(25)15-19-10-11-19)35-38-17-22(33-29(41-5)28(18)38)30(39)37-16-21-12-13-24(37)27(21)34-31(40)42-32(2,3)4/h6-9,14,17,19,21,24,27H,10-13,15-16H2,1-5H3,(H,34,40)/t21?,24?,27-/m1/s1. The van der Waals surface area contributed by atoms with Gasteiger partial charge in [-0.1, -0.05) is 18.2 Å². The molecule has 2 unspecified atom stereocenters. The van der Waals surface area contributed by atoms with Gasteiger partial charge in [-0.3, -0.25) is 4.79 Å². The summed E-state index contributed by atoms with van der Waals surface area (Å²) in [6.45, 7) is 9.10. The van der Waals surface area contributed by atoms with E-state index in [0.717, 1.165) is 41.9 Å². The summed E-state index contributed by atoms with van der Waals surface area (Å²) >= 11 is 0. The highest BCUT2D eigenvalue weighted by Gasteiger charge is 2.50. The molecule has 3 atom stereocenters. The van der Waals surface area contributed by atoms with E-state index in [2.05, 4.69) is 45.2 Å². The van der Waals surface area contributed by atoms with Crippen LogP contribution in [0.1, 0.15) is 62.5 Å². The Balaban J connectivity index is 1.22. The molecule has 2 saturated carbocycles. The van der Waals surface area contributed by atoms with Gasteiger partial charge in [0.25, 0.3) is 5.91 Å². The third-order valence-corrected chi connectivity index (χ3v) is 8.95. The van der Waals surface area contributed by atoms with Crippen LogP contribution in [0.2, 0.25) is 0 Å². The number of benzene rings is 1. The molecule has 1 aliphatic heterocycles. The fourth-order valence-electron chi connectivity index (χ4n) is 6.87. The minimum atomic E-state index is -0.583. The number of hydrogen-bond acceptors (Lipinski definition) is 6. The maximum atomic E-state index is 13.9. The molecule has 10 heteroatoms. The lowest BCUT2D eigenvalue weighted by molar-refractivity contribution is 0.0484. The first-order valence-corrected chi connectivity index (χ1v) is 14.9. The molecule has 2 bridgehead atoms. The predicted octanol–water partition coefficient (Wildman–Crippen LogP) is 5.21. The summed E-state index contributed by atoms with van der Waals surface area (Å²) in [5.41, 5.74) is 4.52. The van der Waals surface area contributed by atoms with E-state index in [9.17, 15) is 9.59 Å². The lowest BCUT2D eigenvalue weighted by atomic mass is 10.1. The molecule has 4 heterocycles. The van der Waals surface area contributed by atoms with E-state index in [1.807, 2.05) is 32.6 Å². The van der Waals surface area contributed by atoms with Crippen molar-refractivity contribution in [2.45, 2.75) is 77.6 Å². The summed E-state index contributed by atoms with van der Waals surface area (Å²) in [5.74, 6) is 1.07. The Labute approximate surface area is 245 Å². The van der Waals surface area contributed by atoms with Crippen molar-refractivity contribution in [1.82, 2.24) is 29.4 Å². The molecule has 0 radical (unpaired) electrons. The summed E-state index contributed by atoms with van der Waals surface area (Å²) in [7, 11) is 1.57. The number of amides is 2. The number of carbonyl (C=O) groups is 2. The van der Waals surface area contributed by atoms with Crippen LogP contribution in [0.25, 0.3) is 27.8 Å². The second-order valence-electron chi connectivity index (χ2n) is 13.1. The molecule has 2 aliphatic carbocycles. The van der Waals surface area contributed by atoms with Gasteiger partial charge in [0.2, 0.25) is 5.88 Å². The molecule has 3 fully saturated rings. The number of hydrogen-bond donors (Lipinski definition) is 1. The van der Waals surface area contributed by atoms with Gasteiger partial charge in [0, 0.05) is 29.6 Å². The van der Waals surface area contributed by atoms with Gasteiger partial charge < -0.3 is 24.3 Å². The van der Waals surface area contributed by atoms with Crippen LogP contribution in [0.4, 0.5) is 4.79 Å². The number of nitrogens with one attached hydrogen (secondary N) is 1. The number of alkyl carbamates (subject to hydrolysis) is 1. The third-order valence-electron chi connectivity index (χ3n) is 8.95. The van der Waals surface area contributed by atoms with Gasteiger partial charge in [-0.25, -0.2) is 14.3 Å². The topological polar surface area (TPSA) is 103 Å². The van der Waals surface area contributed by atoms with Crippen molar-refractivity contribution in [3.63, 3.8) is 0 Å². The molecule has 2 amide bonds. The average Bonchev–Trinajstić information content (AvgIpc) is 3.29. The van der Waals surface area contributed by atoms with Gasteiger partial charge >= 0.3 is 6.09 Å². The molecule has 4 aromatic rings. The highest BCUT2D eigenvalue weighted by molar-refractivity contribution is 5.94. The SMILES string of the molecule is COc1nc(C(=O)N2CC3CCC2[C@@H]3NC(=O)OC(C)(C)C)cn2nc(-c3cc4ccccc4n3CC3CC3)c(C)c12. The Morgan fingerprint density at radius 1 is 1.12 bits per heavy atom. The Hall–Kier alpha value is -4.08. The maximum absolute atomic E-state index is 13.9. The third kappa shape index (κ3) is 4.57. The molecule has 1 saturated heterocycles. The van der Waals surface area contributed by atoms with Gasteiger partial charge in [0.1, 0.15) is 16.8 Å². The number of aromatic nitrogens is 4. The second kappa shape index (κ2) is 9.74. The normalized spacial score (nSPS) is 21.8. The quantitative estimate of drug-likeness (QED) is 0.342. The average molecular weight is 571 g/mol. The van der Waals surface area contributed by atoms with Gasteiger partial charge in [-0.05, 0) is 77.3 Å². The molecule has 3 aliphatic rings. The van der Waals surface area contributed by atoms with Crippen LogP contribution in [-0.4, -0.2) is 67.4 Å². The van der Waals surface area contributed by atoms with Gasteiger partial charge in [0.15, 0.2) is 5.69 Å². The number of rotatable bonds is 6. The number of carbonyl (C=O) groups excluding carboxylic acids is 2. The van der Waals surface area contributed by atoms with Crippen LogP contribution < -0.4 is 10.1 Å². The fraction of sp³-hybridized carbons (Fsp3) is 0.500.